The van der Waals surface area contributed by atoms with E-state index in [1.165, 1.54) is 0 Å². The maximum absolute atomic E-state index is 13.5. The van der Waals surface area contributed by atoms with Gasteiger partial charge in [-0.05, 0) is 35.2 Å². The van der Waals surface area contributed by atoms with Crippen LogP contribution >= 0.6 is 0 Å². The monoisotopic (exact) mass is 442 g/mol. The van der Waals surface area contributed by atoms with Gasteiger partial charge < -0.3 is 15.0 Å². The number of hydrogen-bond acceptors (Lipinski definition) is 3. The number of rotatable bonds is 11. The molecule has 5 heteroatoms. The molecule has 0 saturated carbocycles. The zero-order valence-electron chi connectivity index (χ0n) is 18.9. The van der Waals surface area contributed by atoms with Crippen LogP contribution in [0.25, 0.3) is 0 Å². The van der Waals surface area contributed by atoms with Gasteiger partial charge in [0.05, 0.1) is 7.11 Å². The third-order valence-corrected chi connectivity index (χ3v) is 5.40. The van der Waals surface area contributed by atoms with Crippen LogP contribution in [0.1, 0.15) is 29.2 Å². The molecule has 0 fully saturated rings. The number of methoxy groups -OCH3 is 1. The first-order valence-corrected chi connectivity index (χ1v) is 11.0. The fourth-order valence-corrected chi connectivity index (χ4v) is 3.67. The summed E-state index contributed by atoms with van der Waals surface area (Å²) in [4.78, 5) is 28.4. The topological polar surface area (TPSA) is 58.6 Å². The fourth-order valence-electron chi connectivity index (χ4n) is 3.67. The van der Waals surface area contributed by atoms with Gasteiger partial charge in [0.2, 0.25) is 11.8 Å². The fraction of sp³-hybridized carbons (Fsp3) is 0.214. The summed E-state index contributed by atoms with van der Waals surface area (Å²) in [5.41, 5.74) is 2.77. The minimum atomic E-state index is -0.753. The lowest BCUT2D eigenvalue weighted by molar-refractivity contribution is -0.141. The number of carbonyl (C=O) groups excluding carboxylic acids is 2. The van der Waals surface area contributed by atoms with Crippen LogP contribution in [0.5, 0.6) is 5.75 Å². The van der Waals surface area contributed by atoms with E-state index in [1.807, 2.05) is 84.9 Å². The number of nitrogens with one attached hydrogen (secondary N) is 1. The summed E-state index contributed by atoms with van der Waals surface area (Å²) in [6.07, 6.45) is 2.54. The van der Waals surface area contributed by atoms with Crippen molar-refractivity contribution in [3.63, 3.8) is 0 Å². The lowest BCUT2D eigenvalue weighted by Gasteiger charge is -2.31. The van der Waals surface area contributed by atoms with Crippen molar-refractivity contribution in [3.8, 4) is 5.75 Å². The van der Waals surface area contributed by atoms with Gasteiger partial charge in [-0.15, -0.1) is 6.58 Å². The molecular formula is C28H30N2O3. The van der Waals surface area contributed by atoms with E-state index >= 15 is 0 Å². The molecule has 0 radical (unpaired) electrons. The van der Waals surface area contributed by atoms with E-state index in [2.05, 4.69) is 11.9 Å². The average Bonchev–Trinajstić information content (AvgIpc) is 2.87. The van der Waals surface area contributed by atoms with Crippen molar-refractivity contribution in [2.24, 2.45) is 0 Å². The Hall–Kier alpha value is -3.86. The molecule has 5 nitrogen and oxygen atoms in total. The Morgan fingerprint density at radius 3 is 2.18 bits per heavy atom. The predicted molar refractivity (Wildman–Crippen MR) is 131 cm³/mol. The molecule has 0 bridgehead atoms. The predicted octanol–water partition coefficient (Wildman–Crippen LogP) is 4.70. The van der Waals surface area contributed by atoms with Gasteiger partial charge in [-0.2, -0.15) is 0 Å². The Morgan fingerprint density at radius 1 is 0.939 bits per heavy atom. The molecular weight excluding hydrogens is 412 g/mol. The number of hydrogen-bond donors (Lipinski definition) is 1. The summed E-state index contributed by atoms with van der Waals surface area (Å²) in [7, 11) is 1.61. The maximum atomic E-state index is 13.5. The van der Waals surface area contributed by atoms with Crippen molar-refractivity contribution in [2.75, 3.05) is 13.7 Å². The van der Waals surface area contributed by atoms with Crippen molar-refractivity contribution in [2.45, 2.75) is 25.4 Å². The van der Waals surface area contributed by atoms with Gasteiger partial charge in [0.25, 0.3) is 0 Å². The summed E-state index contributed by atoms with van der Waals surface area (Å²) in [6.45, 7) is 4.32. The molecule has 3 aromatic carbocycles. The van der Waals surface area contributed by atoms with Crippen molar-refractivity contribution in [1.29, 1.82) is 0 Å². The molecule has 3 aromatic rings. The van der Waals surface area contributed by atoms with Gasteiger partial charge in [-0.3, -0.25) is 9.59 Å². The first kappa shape index (κ1) is 23.8. The highest BCUT2D eigenvalue weighted by Crippen LogP contribution is 2.26. The first-order valence-electron chi connectivity index (χ1n) is 11.0. The van der Waals surface area contributed by atoms with Crippen LogP contribution in [0, 0.1) is 0 Å². The Balaban J connectivity index is 1.92. The zero-order chi connectivity index (χ0) is 23.5. The third kappa shape index (κ3) is 6.81. The summed E-state index contributed by atoms with van der Waals surface area (Å²) >= 11 is 0. The van der Waals surface area contributed by atoms with Crippen LogP contribution in [-0.4, -0.2) is 30.4 Å². The van der Waals surface area contributed by atoms with Gasteiger partial charge in [-0.25, -0.2) is 0 Å². The van der Waals surface area contributed by atoms with E-state index in [0.29, 0.717) is 25.9 Å². The second kappa shape index (κ2) is 12.2. The molecule has 0 aliphatic rings. The van der Waals surface area contributed by atoms with Gasteiger partial charge in [0.15, 0.2) is 0 Å². The maximum Gasteiger partial charge on any atom is 0.247 e. The van der Waals surface area contributed by atoms with E-state index in [4.69, 9.17) is 4.74 Å². The highest BCUT2D eigenvalue weighted by atomic mass is 16.5. The van der Waals surface area contributed by atoms with Gasteiger partial charge >= 0.3 is 0 Å². The number of carbonyl (C=O) groups is 2. The molecule has 0 unspecified atom stereocenters. The van der Waals surface area contributed by atoms with Crippen molar-refractivity contribution in [1.82, 2.24) is 10.2 Å². The molecule has 33 heavy (non-hydrogen) atoms. The SMILES string of the molecule is C=CCNC(=O)[C@H](c1ccccc1)N(Cc1ccc(OC)cc1)C(=O)CCc1ccccc1. The van der Waals surface area contributed by atoms with E-state index < -0.39 is 6.04 Å². The molecule has 1 atom stereocenters. The number of ether oxygens (including phenoxy) is 1. The van der Waals surface area contributed by atoms with Gasteiger partial charge in [0, 0.05) is 19.5 Å². The van der Waals surface area contributed by atoms with Crippen LogP contribution < -0.4 is 10.1 Å². The van der Waals surface area contributed by atoms with Crippen molar-refractivity contribution >= 4 is 11.8 Å². The number of aryl methyl sites for hydroxylation is 1. The second-order valence-corrected chi connectivity index (χ2v) is 7.70. The van der Waals surface area contributed by atoms with Crippen LogP contribution in [0.3, 0.4) is 0 Å². The normalized spacial score (nSPS) is 11.3. The van der Waals surface area contributed by atoms with Crippen molar-refractivity contribution in [3.05, 3.63) is 114 Å². The van der Waals surface area contributed by atoms with Gasteiger partial charge in [-0.1, -0.05) is 78.9 Å². The summed E-state index contributed by atoms with van der Waals surface area (Å²) in [5.74, 6) is 0.420. The van der Waals surface area contributed by atoms with E-state index in [-0.39, 0.29) is 11.8 Å². The lowest BCUT2D eigenvalue weighted by atomic mass is 10.0. The Morgan fingerprint density at radius 2 is 1.58 bits per heavy atom. The molecule has 3 rings (SSSR count). The first-order chi connectivity index (χ1) is 16.1. The smallest absolute Gasteiger partial charge is 0.247 e. The quantitative estimate of drug-likeness (QED) is 0.438. The minimum Gasteiger partial charge on any atom is -0.497 e. The molecule has 0 heterocycles. The third-order valence-electron chi connectivity index (χ3n) is 5.40. The van der Waals surface area contributed by atoms with Crippen LogP contribution in [0.2, 0.25) is 0 Å². The zero-order valence-corrected chi connectivity index (χ0v) is 18.9. The minimum absolute atomic E-state index is 0.0859. The molecule has 0 saturated heterocycles. The average molecular weight is 443 g/mol. The highest BCUT2D eigenvalue weighted by molar-refractivity contribution is 5.89. The number of benzene rings is 3. The molecule has 1 N–H and O–H groups in total. The van der Waals surface area contributed by atoms with Crippen LogP contribution in [0.15, 0.2) is 97.6 Å². The van der Waals surface area contributed by atoms with Gasteiger partial charge in [0.1, 0.15) is 11.8 Å². The summed E-state index contributed by atoms with van der Waals surface area (Å²) in [5, 5.41) is 2.87. The lowest BCUT2D eigenvalue weighted by Crippen LogP contribution is -2.43. The number of nitrogens with zero attached hydrogens (tertiary/aromatic N) is 1. The number of amides is 2. The van der Waals surface area contributed by atoms with Crippen LogP contribution in [0.4, 0.5) is 0 Å². The van der Waals surface area contributed by atoms with E-state index in [0.717, 1.165) is 22.4 Å². The summed E-state index contributed by atoms with van der Waals surface area (Å²) < 4.78 is 5.25. The van der Waals surface area contributed by atoms with E-state index in [9.17, 15) is 9.59 Å². The summed E-state index contributed by atoms with van der Waals surface area (Å²) in [6, 6.07) is 26.1. The van der Waals surface area contributed by atoms with E-state index in [1.54, 1.807) is 18.1 Å². The van der Waals surface area contributed by atoms with Crippen LogP contribution in [-0.2, 0) is 22.6 Å². The Kier molecular flexibility index (Phi) is 8.83. The molecule has 2 amide bonds. The molecule has 0 aromatic heterocycles. The Bertz CT molecular complexity index is 1030. The largest absolute Gasteiger partial charge is 0.497 e. The molecule has 0 aliphatic heterocycles. The highest BCUT2D eigenvalue weighted by Gasteiger charge is 2.31. The molecule has 0 spiro atoms. The Labute approximate surface area is 195 Å². The standard InChI is InChI=1S/C28H30N2O3/c1-3-20-29-28(32)27(24-12-8-5-9-13-24)30(21-23-14-17-25(33-2)18-15-23)26(31)19-16-22-10-6-4-7-11-22/h3-15,17-18,27H,1,16,19-21H2,2H3,(H,29,32)/t27-/m0/s1. The molecule has 170 valence electrons. The molecule has 0 aliphatic carbocycles. The van der Waals surface area contributed by atoms with Crippen molar-refractivity contribution < 1.29 is 14.3 Å². The second-order valence-electron chi connectivity index (χ2n) is 7.70.